The van der Waals surface area contributed by atoms with Crippen LogP contribution in [0, 0.1) is 5.92 Å². The van der Waals surface area contributed by atoms with Crippen LogP contribution >= 0.6 is 0 Å². The lowest BCUT2D eigenvalue weighted by atomic mass is 10.1. The number of rotatable bonds is 9. The number of ketones is 1. The first kappa shape index (κ1) is 20.9. The molecule has 0 radical (unpaired) electrons. The first-order valence-corrected chi connectivity index (χ1v) is 11.2. The van der Waals surface area contributed by atoms with Crippen LogP contribution in [0.15, 0.2) is 36.8 Å². The Hall–Kier alpha value is -2.97. The second kappa shape index (κ2) is 9.26. The minimum Gasteiger partial charge on any atom is -0.494 e. The maximum absolute atomic E-state index is 12.5. The largest absolute Gasteiger partial charge is 0.494 e. The zero-order valence-corrected chi connectivity index (χ0v) is 18.3. The molecule has 3 aromatic heterocycles. The van der Waals surface area contributed by atoms with Gasteiger partial charge in [0, 0.05) is 50.1 Å². The van der Waals surface area contributed by atoms with Crippen LogP contribution in [0.5, 0.6) is 11.5 Å². The zero-order valence-electron chi connectivity index (χ0n) is 18.3. The van der Waals surface area contributed by atoms with E-state index in [1.165, 1.54) is 0 Å². The predicted octanol–water partition coefficient (Wildman–Crippen LogP) is 3.10. The Morgan fingerprint density at radius 2 is 2.03 bits per heavy atom. The van der Waals surface area contributed by atoms with Gasteiger partial charge in [0.15, 0.2) is 5.78 Å². The lowest BCUT2D eigenvalue weighted by Gasteiger charge is -2.26. The van der Waals surface area contributed by atoms with Crippen molar-refractivity contribution in [1.29, 1.82) is 0 Å². The van der Waals surface area contributed by atoms with E-state index in [2.05, 4.69) is 14.9 Å². The molecule has 2 aliphatic rings. The minimum absolute atomic E-state index is 0.0490. The van der Waals surface area contributed by atoms with Crippen LogP contribution in [0.25, 0.3) is 16.9 Å². The molecule has 0 bridgehead atoms. The fraction of sp³-hybridized carbons (Fsp3) is 0.458. The third-order valence-electron chi connectivity index (χ3n) is 6.07. The summed E-state index contributed by atoms with van der Waals surface area (Å²) in [5.41, 5.74) is 2.93. The van der Waals surface area contributed by atoms with Gasteiger partial charge < -0.3 is 14.2 Å². The number of aromatic nitrogens is 3. The number of morpholine rings is 1. The molecule has 3 aromatic rings. The first-order valence-electron chi connectivity index (χ1n) is 11.2. The maximum Gasteiger partial charge on any atom is 0.185 e. The predicted molar refractivity (Wildman–Crippen MR) is 119 cm³/mol. The van der Waals surface area contributed by atoms with Gasteiger partial charge in [-0.3, -0.25) is 14.1 Å². The van der Waals surface area contributed by atoms with Crippen LogP contribution in [-0.2, 0) is 4.74 Å². The summed E-state index contributed by atoms with van der Waals surface area (Å²) >= 11 is 0. The Labute approximate surface area is 187 Å². The lowest BCUT2D eigenvalue weighted by molar-refractivity contribution is 0.0322. The maximum atomic E-state index is 12.5. The Morgan fingerprint density at radius 3 is 2.81 bits per heavy atom. The van der Waals surface area contributed by atoms with Gasteiger partial charge in [0.25, 0.3) is 0 Å². The normalized spacial score (nSPS) is 16.9. The van der Waals surface area contributed by atoms with Crippen molar-refractivity contribution in [3.63, 3.8) is 0 Å². The quantitative estimate of drug-likeness (QED) is 0.477. The fourth-order valence-electron chi connectivity index (χ4n) is 4.01. The average molecular weight is 437 g/mol. The van der Waals surface area contributed by atoms with Crippen LogP contribution in [0.3, 0.4) is 0 Å². The van der Waals surface area contributed by atoms with E-state index in [-0.39, 0.29) is 5.78 Å². The number of pyridine rings is 2. The molecular weight excluding hydrogens is 408 g/mol. The van der Waals surface area contributed by atoms with Gasteiger partial charge in [0.1, 0.15) is 29.4 Å². The van der Waals surface area contributed by atoms with Gasteiger partial charge in [0.2, 0.25) is 0 Å². The second-order valence-electron chi connectivity index (χ2n) is 8.38. The summed E-state index contributed by atoms with van der Waals surface area (Å²) in [7, 11) is 1.57. The Morgan fingerprint density at radius 1 is 1.19 bits per heavy atom. The summed E-state index contributed by atoms with van der Waals surface area (Å²) in [5.74, 6) is 1.86. The standard InChI is InChI=1S/C24H28N4O4/c1-30-22-13-18(15-26-24(22)21(29)12-17-2-3-17)20-16-25-23-14-19(4-5-28(20)23)32-11-8-27-6-9-31-10-7-27/h4-5,13-17H,2-3,6-12H2,1H3. The van der Waals surface area contributed by atoms with E-state index in [9.17, 15) is 4.79 Å². The van der Waals surface area contributed by atoms with Crippen molar-refractivity contribution in [2.75, 3.05) is 46.6 Å². The number of imidazole rings is 1. The molecule has 0 N–H and O–H groups in total. The van der Waals surface area contributed by atoms with Crippen molar-refractivity contribution in [2.45, 2.75) is 19.3 Å². The van der Waals surface area contributed by atoms with Gasteiger partial charge in [-0.25, -0.2) is 9.97 Å². The molecule has 0 aromatic carbocycles. The van der Waals surface area contributed by atoms with Gasteiger partial charge in [-0.1, -0.05) is 0 Å². The van der Waals surface area contributed by atoms with E-state index in [1.54, 1.807) is 19.5 Å². The highest BCUT2D eigenvalue weighted by Gasteiger charge is 2.27. The number of hydrogen-bond acceptors (Lipinski definition) is 7. The summed E-state index contributed by atoms with van der Waals surface area (Å²) in [5, 5.41) is 0. The van der Waals surface area contributed by atoms with Gasteiger partial charge in [-0.15, -0.1) is 0 Å². The number of ether oxygens (including phenoxy) is 3. The molecule has 8 nitrogen and oxygen atoms in total. The molecule has 1 aliphatic carbocycles. The number of Topliss-reactive ketones (excluding diaryl/α,β-unsaturated/α-hetero) is 1. The van der Waals surface area contributed by atoms with Crippen LogP contribution in [0.4, 0.5) is 0 Å². The summed E-state index contributed by atoms with van der Waals surface area (Å²) in [6.07, 6.45) is 8.28. The summed E-state index contributed by atoms with van der Waals surface area (Å²) in [6.45, 7) is 4.99. The summed E-state index contributed by atoms with van der Waals surface area (Å²) in [6, 6.07) is 5.74. The monoisotopic (exact) mass is 436 g/mol. The molecule has 0 atom stereocenters. The van der Waals surface area contributed by atoms with Crippen molar-refractivity contribution in [2.24, 2.45) is 5.92 Å². The van der Waals surface area contributed by atoms with Crippen molar-refractivity contribution in [3.8, 4) is 22.8 Å². The van der Waals surface area contributed by atoms with Gasteiger partial charge in [-0.05, 0) is 30.9 Å². The highest BCUT2D eigenvalue weighted by atomic mass is 16.5. The molecule has 0 spiro atoms. The Kier molecular flexibility index (Phi) is 6.05. The molecule has 8 heteroatoms. The third kappa shape index (κ3) is 4.61. The van der Waals surface area contributed by atoms with E-state index in [4.69, 9.17) is 14.2 Å². The van der Waals surface area contributed by atoms with Crippen molar-refractivity contribution in [3.05, 3.63) is 42.5 Å². The average Bonchev–Trinajstić information content (AvgIpc) is 3.54. The van der Waals surface area contributed by atoms with E-state index in [0.717, 1.165) is 68.3 Å². The van der Waals surface area contributed by atoms with Gasteiger partial charge >= 0.3 is 0 Å². The molecule has 32 heavy (non-hydrogen) atoms. The van der Waals surface area contributed by atoms with Crippen molar-refractivity contribution >= 4 is 11.4 Å². The fourth-order valence-corrected chi connectivity index (χ4v) is 4.01. The molecule has 0 amide bonds. The van der Waals surface area contributed by atoms with Crippen LogP contribution < -0.4 is 9.47 Å². The van der Waals surface area contributed by atoms with E-state index in [1.807, 2.05) is 28.8 Å². The number of methoxy groups -OCH3 is 1. The lowest BCUT2D eigenvalue weighted by Crippen LogP contribution is -2.38. The number of fused-ring (bicyclic) bond motifs is 1. The molecule has 1 aliphatic heterocycles. The zero-order chi connectivity index (χ0) is 21.9. The summed E-state index contributed by atoms with van der Waals surface area (Å²) < 4.78 is 18.8. The molecule has 5 rings (SSSR count). The first-order chi connectivity index (χ1) is 15.7. The van der Waals surface area contributed by atoms with E-state index >= 15 is 0 Å². The van der Waals surface area contributed by atoms with Crippen molar-refractivity contribution in [1.82, 2.24) is 19.3 Å². The molecule has 1 saturated heterocycles. The molecule has 4 heterocycles. The highest BCUT2D eigenvalue weighted by Crippen LogP contribution is 2.35. The van der Waals surface area contributed by atoms with Crippen LogP contribution in [-0.4, -0.2) is 71.6 Å². The summed E-state index contributed by atoms with van der Waals surface area (Å²) in [4.78, 5) is 23.8. The van der Waals surface area contributed by atoms with Gasteiger partial charge in [-0.2, -0.15) is 0 Å². The molecule has 168 valence electrons. The molecule has 1 saturated carbocycles. The number of nitrogens with zero attached hydrogens (tertiary/aromatic N) is 4. The van der Waals surface area contributed by atoms with Crippen LogP contribution in [0.2, 0.25) is 0 Å². The van der Waals surface area contributed by atoms with E-state index < -0.39 is 0 Å². The number of hydrogen-bond donors (Lipinski definition) is 0. The topological polar surface area (TPSA) is 78.2 Å². The number of carbonyl (C=O) groups is 1. The Bertz CT molecular complexity index is 1100. The van der Waals surface area contributed by atoms with Crippen molar-refractivity contribution < 1.29 is 19.0 Å². The minimum atomic E-state index is 0.0490. The third-order valence-corrected chi connectivity index (χ3v) is 6.07. The SMILES string of the molecule is COc1cc(-c2cnc3cc(OCCN4CCOCC4)ccn23)cnc1C(=O)CC1CC1. The smallest absolute Gasteiger partial charge is 0.185 e. The second-order valence-corrected chi connectivity index (χ2v) is 8.38. The van der Waals surface area contributed by atoms with E-state index in [0.29, 0.717) is 30.4 Å². The molecular formula is C24H28N4O4. The molecule has 0 unspecified atom stereocenters. The van der Waals surface area contributed by atoms with Crippen LogP contribution in [0.1, 0.15) is 29.8 Å². The molecule has 2 fully saturated rings. The Balaban J connectivity index is 1.30. The van der Waals surface area contributed by atoms with Gasteiger partial charge in [0.05, 0.1) is 32.2 Å². The highest BCUT2D eigenvalue weighted by molar-refractivity contribution is 5.97. The number of carbonyl (C=O) groups excluding carboxylic acids is 1.